The van der Waals surface area contributed by atoms with Gasteiger partial charge in [0, 0.05) is 25.6 Å². The molecule has 2 heterocycles. The molecule has 2 aliphatic heterocycles. The van der Waals surface area contributed by atoms with Crippen LogP contribution in [0.1, 0.15) is 32.1 Å². The highest BCUT2D eigenvalue weighted by Crippen LogP contribution is 2.14. The van der Waals surface area contributed by atoms with Crippen LogP contribution >= 0.6 is 0 Å². The molecule has 86 valence electrons. The molecule has 2 rings (SSSR count). The van der Waals surface area contributed by atoms with Gasteiger partial charge in [-0.1, -0.05) is 0 Å². The summed E-state index contributed by atoms with van der Waals surface area (Å²) in [5.74, 6) is 0.187. The van der Waals surface area contributed by atoms with Crippen molar-refractivity contribution in [2.75, 3.05) is 19.7 Å². The maximum absolute atomic E-state index is 10.9. The summed E-state index contributed by atoms with van der Waals surface area (Å²) in [6.07, 6.45) is 5.63. The zero-order valence-corrected chi connectivity index (χ0v) is 9.13. The third-order valence-electron chi connectivity index (χ3n) is 3.19. The summed E-state index contributed by atoms with van der Waals surface area (Å²) < 4.78 is 5.55. The summed E-state index contributed by atoms with van der Waals surface area (Å²) in [6, 6.07) is 0.462. The van der Waals surface area contributed by atoms with Gasteiger partial charge in [0.1, 0.15) is 0 Å². The lowest BCUT2D eigenvalue weighted by molar-refractivity contribution is -0.122. The predicted molar refractivity (Wildman–Crippen MR) is 57.6 cm³/mol. The number of nitrogens with one attached hydrogen (secondary N) is 2. The van der Waals surface area contributed by atoms with Crippen molar-refractivity contribution in [2.24, 2.45) is 0 Å². The fourth-order valence-corrected chi connectivity index (χ4v) is 2.23. The second kappa shape index (κ2) is 5.47. The quantitative estimate of drug-likeness (QED) is 0.710. The Morgan fingerprint density at radius 1 is 1.47 bits per heavy atom. The van der Waals surface area contributed by atoms with Gasteiger partial charge in [0.05, 0.1) is 6.10 Å². The molecule has 2 unspecified atom stereocenters. The number of hydrogen-bond donors (Lipinski definition) is 2. The van der Waals surface area contributed by atoms with Crippen LogP contribution in [-0.4, -0.2) is 37.7 Å². The van der Waals surface area contributed by atoms with Crippen LogP contribution in [0.2, 0.25) is 0 Å². The first kappa shape index (κ1) is 10.9. The zero-order valence-electron chi connectivity index (χ0n) is 9.13. The lowest BCUT2D eigenvalue weighted by atomic mass is 10.1. The number of carbonyl (C=O) groups is 1. The molecule has 2 saturated heterocycles. The van der Waals surface area contributed by atoms with Crippen LogP contribution in [-0.2, 0) is 9.53 Å². The fraction of sp³-hybridized carbons (Fsp3) is 0.909. The first-order valence-electron chi connectivity index (χ1n) is 5.96. The van der Waals surface area contributed by atoms with Crippen molar-refractivity contribution >= 4 is 5.91 Å². The van der Waals surface area contributed by atoms with Gasteiger partial charge >= 0.3 is 0 Å². The Morgan fingerprint density at radius 3 is 3.07 bits per heavy atom. The van der Waals surface area contributed by atoms with Crippen molar-refractivity contribution in [3.63, 3.8) is 0 Å². The molecule has 1 amide bonds. The summed E-state index contributed by atoms with van der Waals surface area (Å²) in [5, 5.41) is 6.35. The van der Waals surface area contributed by atoms with E-state index in [1.54, 1.807) is 0 Å². The lowest BCUT2D eigenvalue weighted by Crippen LogP contribution is -2.46. The van der Waals surface area contributed by atoms with E-state index in [1.807, 2.05) is 0 Å². The molecule has 2 fully saturated rings. The fourth-order valence-electron chi connectivity index (χ4n) is 2.23. The molecule has 0 aromatic rings. The molecular weight excluding hydrogens is 192 g/mol. The largest absolute Gasteiger partial charge is 0.378 e. The number of ether oxygens (including phenoxy) is 1. The molecule has 2 aliphatic rings. The molecule has 4 nitrogen and oxygen atoms in total. The van der Waals surface area contributed by atoms with Crippen molar-refractivity contribution in [1.29, 1.82) is 0 Å². The van der Waals surface area contributed by atoms with Crippen LogP contribution in [0.4, 0.5) is 0 Å². The van der Waals surface area contributed by atoms with Gasteiger partial charge in [-0.25, -0.2) is 0 Å². The molecule has 0 saturated carbocycles. The van der Waals surface area contributed by atoms with Gasteiger partial charge in [-0.3, -0.25) is 4.79 Å². The van der Waals surface area contributed by atoms with Crippen molar-refractivity contribution in [1.82, 2.24) is 10.6 Å². The Morgan fingerprint density at radius 2 is 2.40 bits per heavy atom. The topological polar surface area (TPSA) is 50.4 Å². The highest BCUT2D eigenvalue weighted by molar-refractivity contribution is 5.76. The molecular formula is C11H20N2O2. The summed E-state index contributed by atoms with van der Waals surface area (Å²) >= 11 is 0. The average Bonchev–Trinajstić information content (AvgIpc) is 2.74. The SMILES string of the molecule is O=C1CCC(NCCC2CCCO2)CN1. The molecule has 0 aromatic carbocycles. The Bertz CT molecular complexity index is 205. The third kappa shape index (κ3) is 3.47. The highest BCUT2D eigenvalue weighted by Gasteiger charge is 2.19. The molecule has 2 N–H and O–H groups in total. The Balaban J connectivity index is 1.55. The van der Waals surface area contributed by atoms with E-state index >= 15 is 0 Å². The molecule has 15 heavy (non-hydrogen) atoms. The molecule has 0 spiro atoms. The molecule has 0 aromatic heterocycles. The number of hydrogen-bond acceptors (Lipinski definition) is 3. The first-order valence-corrected chi connectivity index (χ1v) is 5.96. The molecule has 0 bridgehead atoms. The molecule has 0 radical (unpaired) electrons. The summed E-state index contributed by atoms with van der Waals surface area (Å²) in [4.78, 5) is 10.9. The van der Waals surface area contributed by atoms with Gasteiger partial charge < -0.3 is 15.4 Å². The first-order chi connectivity index (χ1) is 7.34. The van der Waals surface area contributed by atoms with Gasteiger partial charge in [0.25, 0.3) is 0 Å². The van der Waals surface area contributed by atoms with E-state index < -0.39 is 0 Å². The van der Waals surface area contributed by atoms with E-state index in [0.29, 0.717) is 18.6 Å². The van der Waals surface area contributed by atoms with Gasteiger partial charge in [0.2, 0.25) is 5.91 Å². The van der Waals surface area contributed by atoms with Crippen molar-refractivity contribution in [2.45, 2.75) is 44.2 Å². The van der Waals surface area contributed by atoms with E-state index in [2.05, 4.69) is 10.6 Å². The van der Waals surface area contributed by atoms with Crippen LogP contribution in [0.5, 0.6) is 0 Å². The van der Waals surface area contributed by atoms with Crippen LogP contribution in [0, 0.1) is 0 Å². The van der Waals surface area contributed by atoms with Crippen LogP contribution in [0.15, 0.2) is 0 Å². The van der Waals surface area contributed by atoms with E-state index in [4.69, 9.17) is 4.74 Å². The van der Waals surface area contributed by atoms with Crippen molar-refractivity contribution in [3.05, 3.63) is 0 Å². The van der Waals surface area contributed by atoms with E-state index in [-0.39, 0.29) is 5.91 Å². The monoisotopic (exact) mass is 212 g/mol. The van der Waals surface area contributed by atoms with Crippen molar-refractivity contribution < 1.29 is 9.53 Å². The minimum absolute atomic E-state index is 0.187. The van der Waals surface area contributed by atoms with Gasteiger partial charge in [-0.15, -0.1) is 0 Å². The highest BCUT2D eigenvalue weighted by atomic mass is 16.5. The van der Waals surface area contributed by atoms with Crippen LogP contribution < -0.4 is 10.6 Å². The van der Waals surface area contributed by atoms with E-state index in [0.717, 1.165) is 32.5 Å². The number of rotatable bonds is 4. The number of amides is 1. The second-order valence-corrected chi connectivity index (χ2v) is 4.42. The minimum atomic E-state index is 0.187. The van der Waals surface area contributed by atoms with E-state index in [1.165, 1.54) is 12.8 Å². The van der Waals surface area contributed by atoms with Gasteiger partial charge in [0.15, 0.2) is 0 Å². The Kier molecular flexibility index (Phi) is 3.97. The third-order valence-corrected chi connectivity index (χ3v) is 3.19. The van der Waals surface area contributed by atoms with Gasteiger partial charge in [-0.05, 0) is 32.2 Å². The van der Waals surface area contributed by atoms with E-state index in [9.17, 15) is 4.79 Å². The smallest absolute Gasteiger partial charge is 0.220 e. The second-order valence-electron chi connectivity index (χ2n) is 4.42. The van der Waals surface area contributed by atoms with Crippen LogP contribution in [0.3, 0.4) is 0 Å². The number of piperidine rings is 1. The molecule has 0 aliphatic carbocycles. The van der Waals surface area contributed by atoms with Crippen molar-refractivity contribution in [3.8, 4) is 0 Å². The number of carbonyl (C=O) groups excluding carboxylic acids is 1. The Labute approximate surface area is 90.8 Å². The predicted octanol–water partition coefficient (Wildman–Crippen LogP) is 0.424. The van der Waals surface area contributed by atoms with Crippen LogP contribution in [0.25, 0.3) is 0 Å². The normalized spacial score (nSPS) is 31.6. The maximum Gasteiger partial charge on any atom is 0.220 e. The maximum atomic E-state index is 10.9. The zero-order chi connectivity index (χ0) is 10.5. The minimum Gasteiger partial charge on any atom is -0.378 e. The van der Waals surface area contributed by atoms with Gasteiger partial charge in [-0.2, -0.15) is 0 Å². The summed E-state index contributed by atoms with van der Waals surface area (Å²) in [6.45, 7) is 2.72. The Hall–Kier alpha value is -0.610. The summed E-state index contributed by atoms with van der Waals surface area (Å²) in [7, 11) is 0. The average molecular weight is 212 g/mol. The molecule has 4 heteroatoms. The summed E-state index contributed by atoms with van der Waals surface area (Å²) in [5.41, 5.74) is 0. The standard InChI is InChI=1S/C11H20N2O2/c14-11-4-3-9(8-13-11)12-6-5-10-2-1-7-15-10/h9-10,12H,1-8H2,(H,13,14). The molecule has 2 atom stereocenters. The lowest BCUT2D eigenvalue weighted by Gasteiger charge is -2.24.